The Bertz CT molecular complexity index is 625. The summed E-state index contributed by atoms with van der Waals surface area (Å²) in [6.07, 6.45) is 1.03. The fourth-order valence-electron chi connectivity index (χ4n) is 1.72. The molecule has 3 N–H and O–H groups in total. The van der Waals surface area contributed by atoms with Crippen LogP contribution in [0.2, 0.25) is 0 Å². The third-order valence-corrected chi connectivity index (χ3v) is 4.46. The zero-order valence-electron chi connectivity index (χ0n) is 11.0. The van der Waals surface area contributed by atoms with E-state index in [-0.39, 0.29) is 5.84 Å². The number of ether oxygens (including phenoxy) is 1. The number of amidine groups is 1. The quantitative estimate of drug-likeness (QED) is 0.372. The summed E-state index contributed by atoms with van der Waals surface area (Å²) < 4.78 is 6.62. The van der Waals surface area contributed by atoms with Gasteiger partial charge in [0.1, 0.15) is 12.4 Å². The number of oxime groups is 1. The van der Waals surface area contributed by atoms with Crippen molar-refractivity contribution in [2.75, 3.05) is 0 Å². The van der Waals surface area contributed by atoms with Crippen LogP contribution in [0.3, 0.4) is 0 Å². The molecule has 2 rings (SSSR count). The van der Waals surface area contributed by atoms with Crippen LogP contribution in [0.1, 0.15) is 22.2 Å². The van der Waals surface area contributed by atoms with Crippen LogP contribution >= 0.6 is 27.3 Å². The van der Waals surface area contributed by atoms with Crippen molar-refractivity contribution >= 4 is 33.1 Å². The molecule has 0 aliphatic heterocycles. The smallest absolute Gasteiger partial charge is 0.173 e. The van der Waals surface area contributed by atoms with Gasteiger partial charge in [-0.1, -0.05) is 28.0 Å². The van der Waals surface area contributed by atoms with E-state index in [2.05, 4.69) is 40.1 Å². The highest BCUT2D eigenvalue weighted by atomic mass is 79.9. The normalized spacial score (nSPS) is 11.6. The van der Waals surface area contributed by atoms with E-state index < -0.39 is 0 Å². The molecule has 0 aliphatic rings. The van der Waals surface area contributed by atoms with Gasteiger partial charge in [-0.25, -0.2) is 0 Å². The lowest BCUT2D eigenvalue weighted by Crippen LogP contribution is -2.14. The zero-order chi connectivity index (χ0) is 14.5. The van der Waals surface area contributed by atoms with Crippen LogP contribution in [0.15, 0.2) is 40.0 Å². The summed E-state index contributed by atoms with van der Waals surface area (Å²) in [6, 6.07) is 9.58. The number of aryl methyl sites for hydroxylation is 1. The van der Waals surface area contributed by atoms with Gasteiger partial charge in [0.05, 0.1) is 5.56 Å². The average molecular weight is 355 g/mol. The Morgan fingerprint density at radius 1 is 1.35 bits per heavy atom. The Hall–Kier alpha value is -1.53. The van der Waals surface area contributed by atoms with Gasteiger partial charge in [-0.15, -0.1) is 11.3 Å². The molecule has 6 heteroatoms. The fraction of sp³-hybridized carbons (Fsp3) is 0.214. The monoisotopic (exact) mass is 354 g/mol. The molecule has 0 unspecified atom stereocenters. The van der Waals surface area contributed by atoms with Crippen molar-refractivity contribution < 1.29 is 9.94 Å². The van der Waals surface area contributed by atoms with Gasteiger partial charge in [0.25, 0.3) is 0 Å². The molecule has 1 aromatic carbocycles. The molecule has 1 heterocycles. The lowest BCUT2D eigenvalue weighted by molar-refractivity contribution is 0.306. The number of hydrogen-bond acceptors (Lipinski definition) is 4. The number of benzene rings is 1. The Kier molecular flexibility index (Phi) is 5.03. The van der Waals surface area contributed by atoms with E-state index >= 15 is 0 Å². The Balaban J connectivity index is 2.16. The summed E-state index contributed by atoms with van der Waals surface area (Å²) in [7, 11) is 0. The number of rotatable bonds is 5. The van der Waals surface area contributed by atoms with E-state index in [1.807, 2.05) is 6.07 Å². The molecular formula is C14H15BrN2O2S. The van der Waals surface area contributed by atoms with Crippen molar-refractivity contribution in [1.82, 2.24) is 0 Å². The average Bonchev–Trinajstić information content (AvgIpc) is 2.93. The summed E-state index contributed by atoms with van der Waals surface area (Å²) >= 11 is 5.09. The highest BCUT2D eigenvalue weighted by molar-refractivity contribution is 9.10. The van der Waals surface area contributed by atoms with E-state index in [9.17, 15) is 0 Å². The molecule has 106 valence electrons. The van der Waals surface area contributed by atoms with Crippen LogP contribution in [0, 0.1) is 0 Å². The number of halogens is 1. The summed E-state index contributed by atoms with van der Waals surface area (Å²) in [6.45, 7) is 2.60. The highest BCUT2D eigenvalue weighted by Gasteiger charge is 2.10. The van der Waals surface area contributed by atoms with Gasteiger partial charge >= 0.3 is 0 Å². The second-order valence-corrected chi connectivity index (χ2v) is 6.30. The van der Waals surface area contributed by atoms with Crippen molar-refractivity contribution in [3.63, 3.8) is 0 Å². The maximum Gasteiger partial charge on any atom is 0.173 e. The number of nitrogens with two attached hydrogens (primary N) is 1. The van der Waals surface area contributed by atoms with Crippen LogP contribution < -0.4 is 10.5 Å². The van der Waals surface area contributed by atoms with Crippen molar-refractivity contribution in [3.8, 4) is 5.75 Å². The van der Waals surface area contributed by atoms with Crippen molar-refractivity contribution in [1.29, 1.82) is 0 Å². The van der Waals surface area contributed by atoms with E-state index in [1.54, 1.807) is 23.5 Å². The zero-order valence-corrected chi connectivity index (χ0v) is 13.4. The van der Waals surface area contributed by atoms with Gasteiger partial charge in [-0.2, -0.15) is 0 Å². The first-order chi connectivity index (χ1) is 9.63. The Morgan fingerprint density at radius 2 is 2.10 bits per heavy atom. The molecule has 0 aliphatic carbocycles. The van der Waals surface area contributed by atoms with Gasteiger partial charge in [0.15, 0.2) is 5.84 Å². The van der Waals surface area contributed by atoms with Crippen molar-refractivity contribution in [3.05, 3.63) is 50.1 Å². The van der Waals surface area contributed by atoms with Crippen molar-refractivity contribution in [2.24, 2.45) is 10.9 Å². The maximum atomic E-state index is 8.82. The summed E-state index contributed by atoms with van der Waals surface area (Å²) in [5.41, 5.74) is 6.22. The van der Waals surface area contributed by atoms with Crippen LogP contribution in [-0.2, 0) is 13.0 Å². The Labute approximate surface area is 130 Å². The molecule has 0 saturated heterocycles. The highest BCUT2D eigenvalue weighted by Crippen LogP contribution is 2.25. The molecular weight excluding hydrogens is 340 g/mol. The molecule has 0 spiro atoms. The minimum Gasteiger partial charge on any atom is -0.487 e. The summed E-state index contributed by atoms with van der Waals surface area (Å²) in [5.74, 6) is 0.622. The topological polar surface area (TPSA) is 67.8 Å². The van der Waals surface area contributed by atoms with Gasteiger partial charge in [0, 0.05) is 14.2 Å². The molecule has 1 aromatic heterocycles. The summed E-state index contributed by atoms with van der Waals surface area (Å²) in [4.78, 5) is 2.48. The van der Waals surface area contributed by atoms with Gasteiger partial charge in [-0.3, -0.25) is 0 Å². The molecule has 0 fully saturated rings. The molecule has 0 radical (unpaired) electrons. The second kappa shape index (κ2) is 6.76. The second-order valence-electron chi connectivity index (χ2n) is 4.14. The first-order valence-electron chi connectivity index (χ1n) is 6.12. The molecule has 2 aromatic rings. The first kappa shape index (κ1) is 14.9. The van der Waals surface area contributed by atoms with Crippen LogP contribution in [0.5, 0.6) is 5.75 Å². The van der Waals surface area contributed by atoms with Crippen LogP contribution in [0.25, 0.3) is 0 Å². The number of hydrogen-bond donors (Lipinski definition) is 2. The first-order valence-corrected chi connectivity index (χ1v) is 7.72. The maximum absolute atomic E-state index is 8.82. The molecule has 20 heavy (non-hydrogen) atoms. The minimum atomic E-state index is 0.0294. The van der Waals surface area contributed by atoms with Gasteiger partial charge in [0.2, 0.25) is 0 Å². The van der Waals surface area contributed by atoms with E-state index in [0.29, 0.717) is 17.9 Å². The van der Waals surface area contributed by atoms with Gasteiger partial charge < -0.3 is 15.7 Å². The molecule has 4 nitrogen and oxygen atoms in total. The van der Waals surface area contributed by atoms with E-state index in [1.165, 1.54) is 4.88 Å². The van der Waals surface area contributed by atoms with Gasteiger partial charge in [-0.05, 0) is 36.8 Å². The SMILES string of the molecule is CCc1ccc(COc2ccc(Br)cc2/C(N)=N/O)s1. The number of nitrogens with zero attached hydrogens (tertiary/aromatic N) is 1. The van der Waals surface area contributed by atoms with Crippen LogP contribution in [0.4, 0.5) is 0 Å². The third kappa shape index (κ3) is 3.52. The van der Waals surface area contributed by atoms with Crippen LogP contribution in [-0.4, -0.2) is 11.0 Å². The van der Waals surface area contributed by atoms with Crippen molar-refractivity contribution in [2.45, 2.75) is 20.0 Å². The third-order valence-electron chi connectivity index (χ3n) is 2.76. The Morgan fingerprint density at radius 3 is 2.75 bits per heavy atom. The molecule has 0 amide bonds. The van der Waals surface area contributed by atoms with E-state index in [4.69, 9.17) is 15.7 Å². The summed E-state index contributed by atoms with van der Waals surface area (Å²) in [5, 5.41) is 11.8. The van der Waals surface area contributed by atoms with E-state index in [0.717, 1.165) is 15.8 Å². The lowest BCUT2D eigenvalue weighted by Gasteiger charge is -2.10. The fourth-order valence-corrected chi connectivity index (χ4v) is 2.95. The minimum absolute atomic E-state index is 0.0294. The molecule has 0 bridgehead atoms. The lowest BCUT2D eigenvalue weighted by atomic mass is 10.2. The molecule has 0 saturated carbocycles. The standard InChI is InChI=1S/C14H15BrN2O2S/c1-2-10-4-5-11(20-10)8-19-13-6-3-9(15)7-12(13)14(16)17-18/h3-7,18H,2,8H2,1H3,(H2,16,17). The predicted molar refractivity (Wildman–Crippen MR) is 84.7 cm³/mol. The predicted octanol–water partition coefficient (Wildman–Crippen LogP) is 3.75. The largest absolute Gasteiger partial charge is 0.487 e. The molecule has 0 atom stereocenters. The number of thiophene rings is 1.